The average molecular weight is 495 g/mol. The average Bonchev–Trinajstić information content (AvgIpc) is 2.67. The normalized spacial score (nSPS) is 16.2. The number of rotatable bonds is 7. The van der Waals surface area contributed by atoms with Gasteiger partial charge >= 0.3 is 6.18 Å². The lowest BCUT2D eigenvalue weighted by Crippen LogP contribution is -2.46. The van der Waals surface area contributed by atoms with Gasteiger partial charge in [-0.15, -0.1) is 24.8 Å². The smallest absolute Gasteiger partial charge is 0.399 e. The molecule has 0 radical (unpaired) electrons. The van der Waals surface area contributed by atoms with Gasteiger partial charge in [0.15, 0.2) is 0 Å². The topological polar surface area (TPSA) is 79.1 Å². The van der Waals surface area contributed by atoms with Crippen LogP contribution in [0.1, 0.15) is 44.4 Å². The van der Waals surface area contributed by atoms with Gasteiger partial charge in [-0.3, -0.25) is 0 Å². The van der Waals surface area contributed by atoms with Gasteiger partial charge in [-0.05, 0) is 44.0 Å². The molecule has 1 aromatic carbocycles. The third-order valence-electron chi connectivity index (χ3n) is 5.05. The Morgan fingerprint density at radius 2 is 1.88 bits per heavy atom. The van der Waals surface area contributed by atoms with Crippen molar-refractivity contribution in [3.63, 3.8) is 0 Å². The van der Waals surface area contributed by atoms with Crippen LogP contribution in [0.2, 0.25) is 0 Å². The summed E-state index contributed by atoms with van der Waals surface area (Å²) < 4.78 is 39.4. The Bertz CT molecular complexity index is 864. The summed E-state index contributed by atoms with van der Waals surface area (Å²) in [5.74, 6) is 1.07. The van der Waals surface area contributed by atoms with Crippen molar-refractivity contribution >= 4 is 48.0 Å². The molecule has 2 heterocycles. The van der Waals surface area contributed by atoms with Gasteiger partial charge in [-0.1, -0.05) is 20.3 Å². The van der Waals surface area contributed by atoms with Crippen molar-refractivity contribution in [3.05, 3.63) is 35.5 Å². The molecule has 1 atom stereocenters. The van der Waals surface area contributed by atoms with E-state index in [1.54, 1.807) is 0 Å². The first-order chi connectivity index (χ1) is 14.3. The van der Waals surface area contributed by atoms with Gasteiger partial charge in [-0.25, -0.2) is 4.98 Å². The van der Waals surface area contributed by atoms with Gasteiger partial charge < -0.3 is 21.3 Å². The number of alkyl halides is 3. The number of aromatic nitrogens is 2. The van der Waals surface area contributed by atoms with Crippen molar-refractivity contribution in [2.24, 2.45) is 0 Å². The molecule has 1 saturated heterocycles. The molecule has 6 nitrogen and oxygen atoms in total. The molecule has 3 rings (SSSR count). The fraction of sp³-hybridized carbons (Fsp3) is 0.524. The minimum atomic E-state index is -4.48. The van der Waals surface area contributed by atoms with E-state index < -0.39 is 11.7 Å². The lowest BCUT2D eigenvalue weighted by Gasteiger charge is -2.34. The molecule has 0 spiro atoms. The second kappa shape index (κ2) is 12.3. The highest BCUT2D eigenvalue weighted by Gasteiger charge is 2.31. The molecule has 0 amide bonds. The SMILES string of the molecule is CCCc1cc(N2CCC[C@@H](NCC)C2)nc(Nc2cc(N)cc(C(F)(F)F)c2)n1.Cl.Cl. The number of likely N-dealkylation sites (N-methyl/N-ethyl adjacent to an activating group) is 1. The number of nitrogens with one attached hydrogen (secondary N) is 2. The number of hydrogen-bond donors (Lipinski definition) is 3. The maximum absolute atomic E-state index is 13.1. The molecule has 1 fully saturated rings. The number of nitrogens with two attached hydrogens (primary N) is 1. The Balaban J connectivity index is 0.00000256. The van der Waals surface area contributed by atoms with Crippen molar-refractivity contribution < 1.29 is 13.2 Å². The Morgan fingerprint density at radius 3 is 2.53 bits per heavy atom. The van der Waals surface area contributed by atoms with E-state index in [2.05, 4.69) is 39.3 Å². The van der Waals surface area contributed by atoms with Crippen LogP contribution in [0, 0.1) is 0 Å². The maximum Gasteiger partial charge on any atom is 0.416 e. The highest BCUT2D eigenvalue weighted by Crippen LogP contribution is 2.33. The van der Waals surface area contributed by atoms with Crippen LogP contribution in [0.5, 0.6) is 0 Å². The van der Waals surface area contributed by atoms with Crippen LogP contribution < -0.4 is 21.3 Å². The molecule has 1 aromatic heterocycles. The van der Waals surface area contributed by atoms with Gasteiger partial charge in [-0.2, -0.15) is 18.2 Å². The fourth-order valence-electron chi connectivity index (χ4n) is 3.74. The van der Waals surface area contributed by atoms with Gasteiger partial charge in [0.25, 0.3) is 0 Å². The monoisotopic (exact) mass is 494 g/mol. The van der Waals surface area contributed by atoms with Crippen molar-refractivity contribution in [3.8, 4) is 0 Å². The third-order valence-corrected chi connectivity index (χ3v) is 5.05. The maximum atomic E-state index is 13.1. The first-order valence-electron chi connectivity index (χ1n) is 10.4. The van der Waals surface area contributed by atoms with E-state index in [0.717, 1.165) is 69.0 Å². The molecule has 0 bridgehead atoms. The number of nitrogen functional groups attached to an aromatic ring is 1. The van der Waals surface area contributed by atoms with Gasteiger partial charge in [0, 0.05) is 42.3 Å². The van der Waals surface area contributed by atoms with E-state index in [-0.39, 0.29) is 42.1 Å². The van der Waals surface area contributed by atoms with Crippen LogP contribution in [0.3, 0.4) is 0 Å². The highest BCUT2D eigenvalue weighted by molar-refractivity contribution is 5.85. The van der Waals surface area contributed by atoms with Crippen LogP contribution in [0.15, 0.2) is 24.3 Å². The van der Waals surface area contributed by atoms with Gasteiger partial charge in [0.1, 0.15) is 5.82 Å². The third kappa shape index (κ3) is 7.56. The van der Waals surface area contributed by atoms with E-state index in [1.165, 1.54) is 6.07 Å². The quantitative estimate of drug-likeness (QED) is 0.459. The number of nitrogens with zero attached hydrogens (tertiary/aromatic N) is 3. The minimum absolute atomic E-state index is 0. The van der Waals surface area contributed by atoms with E-state index in [1.807, 2.05) is 6.07 Å². The molecule has 11 heteroatoms. The lowest BCUT2D eigenvalue weighted by molar-refractivity contribution is -0.137. The summed E-state index contributed by atoms with van der Waals surface area (Å²) >= 11 is 0. The molecule has 1 aliphatic heterocycles. The van der Waals surface area contributed by atoms with Crippen LogP contribution in [-0.4, -0.2) is 35.6 Å². The molecule has 180 valence electrons. The van der Waals surface area contributed by atoms with Crippen LogP contribution in [-0.2, 0) is 12.6 Å². The first kappa shape index (κ1) is 28.1. The number of halogens is 5. The Hall–Kier alpha value is -1.97. The summed E-state index contributed by atoms with van der Waals surface area (Å²) in [4.78, 5) is 11.3. The molecular weight excluding hydrogens is 464 g/mol. The summed E-state index contributed by atoms with van der Waals surface area (Å²) in [7, 11) is 0. The van der Waals surface area contributed by atoms with Crippen LogP contribution in [0.25, 0.3) is 0 Å². The zero-order valence-electron chi connectivity index (χ0n) is 18.2. The number of piperidine rings is 1. The van der Waals surface area contributed by atoms with E-state index in [9.17, 15) is 13.2 Å². The summed E-state index contributed by atoms with van der Waals surface area (Å²) in [6.07, 6.45) is -0.633. The zero-order chi connectivity index (χ0) is 21.7. The Labute approximate surface area is 199 Å². The Morgan fingerprint density at radius 1 is 1.12 bits per heavy atom. The van der Waals surface area contributed by atoms with Crippen molar-refractivity contribution in [1.82, 2.24) is 15.3 Å². The zero-order valence-corrected chi connectivity index (χ0v) is 19.8. The highest BCUT2D eigenvalue weighted by atomic mass is 35.5. The molecule has 0 aliphatic carbocycles. The first-order valence-corrected chi connectivity index (χ1v) is 10.4. The summed E-state index contributed by atoms with van der Waals surface area (Å²) in [6.45, 7) is 6.79. The van der Waals surface area contributed by atoms with E-state index in [0.29, 0.717) is 6.04 Å². The summed E-state index contributed by atoms with van der Waals surface area (Å²) in [5, 5.41) is 6.41. The second-order valence-corrected chi connectivity index (χ2v) is 7.60. The lowest BCUT2D eigenvalue weighted by atomic mass is 10.1. The molecule has 0 saturated carbocycles. The van der Waals surface area contributed by atoms with Crippen LogP contribution >= 0.6 is 24.8 Å². The molecule has 4 N–H and O–H groups in total. The van der Waals surface area contributed by atoms with Gasteiger partial charge in [0.05, 0.1) is 5.56 Å². The van der Waals surface area contributed by atoms with E-state index in [4.69, 9.17) is 5.73 Å². The molecular formula is C21H31Cl2F3N6. The molecule has 1 aliphatic rings. The summed E-state index contributed by atoms with van der Waals surface area (Å²) in [6, 6.07) is 5.76. The minimum Gasteiger partial charge on any atom is -0.399 e. The van der Waals surface area contributed by atoms with Gasteiger partial charge in [0.2, 0.25) is 5.95 Å². The molecule has 2 aromatic rings. The summed E-state index contributed by atoms with van der Waals surface area (Å²) in [5.41, 5.74) is 5.98. The number of aryl methyl sites for hydroxylation is 1. The molecule has 0 unspecified atom stereocenters. The predicted octanol–water partition coefficient (Wildman–Crippen LogP) is 5.20. The fourth-order valence-corrected chi connectivity index (χ4v) is 3.74. The van der Waals surface area contributed by atoms with Crippen LogP contribution in [0.4, 0.5) is 36.3 Å². The standard InChI is InChI=1S/C21H29F3N6.2ClH/c1-3-6-16-12-19(30-8-5-7-17(13-30)26-4-2)29-20(27-16)28-18-10-14(21(22,23)24)9-15(25)11-18;;/h9-12,17,26H,3-8,13,25H2,1-2H3,(H,27,28,29);2*1H/t17-;;/m1../s1. The largest absolute Gasteiger partial charge is 0.416 e. The Kier molecular flexibility index (Phi) is 10.8. The predicted molar refractivity (Wildman–Crippen MR) is 129 cm³/mol. The van der Waals surface area contributed by atoms with Crippen molar-refractivity contribution in [2.75, 3.05) is 35.6 Å². The number of anilines is 4. The number of benzene rings is 1. The van der Waals surface area contributed by atoms with Crippen molar-refractivity contribution in [2.45, 2.75) is 51.7 Å². The second-order valence-electron chi connectivity index (χ2n) is 7.60. The van der Waals surface area contributed by atoms with Crippen molar-refractivity contribution in [1.29, 1.82) is 0 Å². The molecule has 32 heavy (non-hydrogen) atoms. The number of hydrogen-bond acceptors (Lipinski definition) is 6. The van der Waals surface area contributed by atoms with E-state index >= 15 is 0 Å².